The molecule has 120 valence electrons. The van der Waals surface area contributed by atoms with Crippen molar-refractivity contribution in [1.29, 1.82) is 0 Å². The molecule has 1 saturated heterocycles. The van der Waals surface area contributed by atoms with Gasteiger partial charge in [0.25, 0.3) is 0 Å². The number of fused-ring (bicyclic) bond motifs is 2. The third-order valence-corrected chi connectivity index (χ3v) is 5.25. The van der Waals surface area contributed by atoms with E-state index in [0.717, 1.165) is 25.9 Å². The lowest BCUT2D eigenvalue weighted by Crippen LogP contribution is -2.49. The molecule has 2 aliphatic rings. The standard InChI is InChI=1S/C18H26N2O2/c1-12(2)17(21)20-15-13-6-4-5-7-14(13)18(16(15)22-3)8-10-19-11-9-18/h4-7,12,15-16,19H,8-11H2,1-3H3,(H,20,21). The molecular weight excluding hydrogens is 276 g/mol. The van der Waals surface area contributed by atoms with E-state index < -0.39 is 0 Å². The summed E-state index contributed by atoms with van der Waals surface area (Å²) in [7, 11) is 1.77. The van der Waals surface area contributed by atoms with Crippen molar-refractivity contribution >= 4 is 5.91 Å². The van der Waals surface area contributed by atoms with Gasteiger partial charge in [-0.05, 0) is 37.1 Å². The van der Waals surface area contributed by atoms with Crippen LogP contribution >= 0.6 is 0 Å². The maximum atomic E-state index is 12.3. The van der Waals surface area contributed by atoms with Gasteiger partial charge in [0, 0.05) is 18.4 Å². The summed E-state index contributed by atoms with van der Waals surface area (Å²) in [5, 5.41) is 6.67. The van der Waals surface area contributed by atoms with Gasteiger partial charge in [0.2, 0.25) is 5.91 Å². The molecule has 1 fully saturated rings. The van der Waals surface area contributed by atoms with Crippen LogP contribution in [0.2, 0.25) is 0 Å². The first-order valence-electron chi connectivity index (χ1n) is 8.23. The molecule has 3 rings (SSSR count). The number of hydrogen-bond donors (Lipinski definition) is 2. The predicted octanol–water partition coefficient (Wildman–Crippen LogP) is 2.15. The van der Waals surface area contributed by atoms with Crippen molar-refractivity contribution in [2.75, 3.05) is 20.2 Å². The lowest BCUT2D eigenvalue weighted by atomic mass is 9.72. The van der Waals surface area contributed by atoms with E-state index in [4.69, 9.17) is 4.74 Å². The van der Waals surface area contributed by atoms with Gasteiger partial charge in [-0.3, -0.25) is 4.79 Å². The molecule has 1 spiro atoms. The second-order valence-corrected chi connectivity index (χ2v) is 6.79. The molecule has 1 aliphatic heterocycles. The summed E-state index contributed by atoms with van der Waals surface area (Å²) in [5.74, 6) is 0.0714. The highest BCUT2D eigenvalue weighted by atomic mass is 16.5. The fraction of sp³-hybridized carbons (Fsp3) is 0.611. The normalized spacial score (nSPS) is 26.2. The molecule has 0 radical (unpaired) electrons. The number of methoxy groups -OCH3 is 1. The molecule has 0 bridgehead atoms. The van der Waals surface area contributed by atoms with E-state index in [1.165, 1.54) is 11.1 Å². The van der Waals surface area contributed by atoms with E-state index in [2.05, 4.69) is 34.9 Å². The molecule has 1 aromatic carbocycles. The summed E-state index contributed by atoms with van der Waals surface area (Å²) in [6.45, 7) is 5.86. The Hall–Kier alpha value is -1.39. The second kappa shape index (κ2) is 6.01. The Labute approximate surface area is 132 Å². The van der Waals surface area contributed by atoms with Crippen LogP contribution in [0.5, 0.6) is 0 Å². The molecule has 22 heavy (non-hydrogen) atoms. The summed E-state index contributed by atoms with van der Waals surface area (Å²) in [4.78, 5) is 12.3. The molecule has 1 aromatic rings. The number of piperidine rings is 1. The number of carbonyl (C=O) groups is 1. The Kier molecular flexibility index (Phi) is 4.24. The first kappa shape index (κ1) is 15.5. The van der Waals surface area contributed by atoms with Crippen molar-refractivity contribution in [3.8, 4) is 0 Å². The van der Waals surface area contributed by atoms with E-state index in [0.29, 0.717) is 0 Å². The van der Waals surface area contributed by atoms with Crippen LogP contribution in [-0.4, -0.2) is 32.2 Å². The maximum absolute atomic E-state index is 12.3. The first-order chi connectivity index (χ1) is 10.6. The number of carbonyl (C=O) groups excluding carboxylic acids is 1. The lowest BCUT2D eigenvalue weighted by Gasteiger charge is -2.40. The summed E-state index contributed by atoms with van der Waals surface area (Å²) < 4.78 is 5.94. The topological polar surface area (TPSA) is 50.4 Å². The Bertz CT molecular complexity index is 550. The number of nitrogens with one attached hydrogen (secondary N) is 2. The van der Waals surface area contributed by atoms with Gasteiger partial charge >= 0.3 is 0 Å². The molecule has 1 amide bonds. The molecule has 2 atom stereocenters. The average Bonchev–Trinajstić information content (AvgIpc) is 2.78. The zero-order valence-electron chi connectivity index (χ0n) is 13.7. The largest absolute Gasteiger partial charge is 0.378 e. The van der Waals surface area contributed by atoms with Crippen LogP contribution in [0.15, 0.2) is 24.3 Å². The number of rotatable bonds is 3. The minimum Gasteiger partial charge on any atom is -0.378 e. The molecule has 2 unspecified atom stereocenters. The lowest BCUT2D eigenvalue weighted by molar-refractivity contribution is -0.126. The third kappa shape index (κ3) is 2.34. The summed E-state index contributed by atoms with van der Waals surface area (Å²) in [6.07, 6.45) is 2.11. The van der Waals surface area contributed by atoms with Crippen LogP contribution in [0.4, 0.5) is 0 Å². The Balaban J connectivity index is 2.01. The van der Waals surface area contributed by atoms with Crippen molar-refractivity contribution in [3.05, 3.63) is 35.4 Å². The smallest absolute Gasteiger partial charge is 0.223 e. The number of ether oxygens (including phenoxy) is 1. The van der Waals surface area contributed by atoms with Gasteiger partial charge in [-0.15, -0.1) is 0 Å². The minimum atomic E-state index is -0.0470. The van der Waals surface area contributed by atoms with Crippen molar-refractivity contribution in [2.24, 2.45) is 5.92 Å². The van der Waals surface area contributed by atoms with Gasteiger partial charge in [-0.1, -0.05) is 38.1 Å². The molecule has 4 nitrogen and oxygen atoms in total. The van der Waals surface area contributed by atoms with Crippen molar-refractivity contribution in [2.45, 2.75) is 44.2 Å². The van der Waals surface area contributed by atoms with Crippen LogP contribution in [0, 0.1) is 5.92 Å². The van der Waals surface area contributed by atoms with Crippen molar-refractivity contribution in [3.63, 3.8) is 0 Å². The first-order valence-corrected chi connectivity index (χ1v) is 8.23. The number of hydrogen-bond acceptors (Lipinski definition) is 3. The van der Waals surface area contributed by atoms with Crippen LogP contribution in [0.3, 0.4) is 0 Å². The van der Waals surface area contributed by atoms with E-state index in [-0.39, 0.29) is 29.4 Å². The van der Waals surface area contributed by atoms with Gasteiger partial charge in [-0.2, -0.15) is 0 Å². The molecule has 2 N–H and O–H groups in total. The molecule has 1 aliphatic carbocycles. The highest BCUT2D eigenvalue weighted by Gasteiger charge is 2.53. The van der Waals surface area contributed by atoms with E-state index in [9.17, 15) is 4.79 Å². The van der Waals surface area contributed by atoms with Gasteiger partial charge < -0.3 is 15.4 Å². The second-order valence-electron chi connectivity index (χ2n) is 6.79. The van der Waals surface area contributed by atoms with E-state index in [1.54, 1.807) is 7.11 Å². The quantitative estimate of drug-likeness (QED) is 0.899. The van der Waals surface area contributed by atoms with Crippen LogP contribution in [0.1, 0.15) is 43.9 Å². The van der Waals surface area contributed by atoms with Crippen LogP contribution in [-0.2, 0) is 14.9 Å². The molecule has 1 heterocycles. The Morgan fingerprint density at radius 3 is 2.64 bits per heavy atom. The molecular formula is C18H26N2O2. The third-order valence-electron chi connectivity index (χ3n) is 5.25. The molecule has 0 saturated carbocycles. The molecule has 4 heteroatoms. The zero-order chi connectivity index (χ0) is 15.7. The molecule has 0 aromatic heterocycles. The zero-order valence-corrected chi connectivity index (χ0v) is 13.7. The van der Waals surface area contributed by atoms with Gasteiger partial charge in [0.1, 0.15) is 0 Å². The average molecular weight is 302 g/mol. The fourth-order valence-corrected chi connectivity index (χ4v) is 4.12. The maximum Gasteiger partial charge on any atom is 0.223 e. The summed E-state index contributed by atoms with van der Waals surface area (Å²) >= 11 is 0. The fourth-order valence-electron chi connectivity index (χ4n) is 4.12. The van der Waals surface area contributed by atoms with Crippen molar-refractivity contribution in [1.82, 2.24) is 10.6 Å². The Morgan fingerprint density at radius 1 is 1.32 bits per heavy atom. The van der Waals surface area contributed by atoms with E-state index in [1.807, 2.05) is 13.8 Å². The van der Waals surface area contributed by atoms with Crippen LogP contribution in [0.25, 0.3) is 0 Å². The SMILES string of the molecule is COC1C(NC(=O)C(C)C)c2ccccc2C12CCNCC2. The highest BCUT2D eigenvalue weighted by molar-refractivity contribution is 5.78. The number of benzene rings is 1. The van der Waals surface area contributed by atoms with Crippen molar-refractivity contribution < 1.29 is 9.53 Å². The van der Waals surface area contributed by atoms with Gasteiger partial charge in [0.05, 0.1) is 12.1 Å². The Morgan fingerprint density at radius 2 is 2.00 bits per heavy atom. The van der Waals surface area contributed by atoms with Crippen LogP contribution < -0.4 is 10.6 Å². The van der Waals surface area contributed by atoms with Gasteiger partial charge in [0.15, 0.2) is 0 Å². The van der Waals surface area contributed by atoms with E-state index >= 15 is 0 Å². The van der Waals surface area contributed by atoms with Gasteiger partial charge in [-0.25, -0.2) is 0 Å². The predicted molar refractivity (Wildman–Crippen MR) is 86.7 cm³/mol. The number of amides is 1. The summed E-state index contributed by atoms with van der Waals surface area (Å²) in [6, 6.07) is 8.47. The monoisotopic (exact) mass is 302 g/mol. The minimum absolute atomic E-state index is 0.00898. The highest BCUT2D eigenvalue weighted by Crippen LogP contribution is 2.51. The summed E-state index contributed by atoms with van der Waals surface area (Å²) in [5.41, 5.74) is 2.61.